The van der Waals surface area contributed by atoms with E-state index in [1.165, 1.54) is 6.07 Å². The number of hydrogen-bond donors (Lipinski definition) is 1. The van der Waals surface area contributed by atoms with Crippen LogP contribution in [0.3, 0.4) is 0 Å². The molecule has 5 nitrogen and oxygen atoms in total. The number of aromatic amines is 1. The largest absolute Gasteiger partial charge is 0.358 e. The summed E-state index contributed by atoms with van der Waals surface area (Å²) in [5, 5.41) is 15.6. The fraction of sp³-hybridized carbons (Fsp3) is 0. The van der Waals surface area contributed by atoms with Crippen LogP contribution in [0, 0.1) is 10.1 Å². The molecule has 0 aliphatic rings. The molecule has 9 heavy (non-hydrogen) atoms. The third kappa shape index (κ3) is 1.26. The summed E-state index contributed by atoms with van der Waals surface area (Å²) in [6.45, 7) is 0. The van der Waals surface area contributed by atoms with Gasteiger partial charge < -0.3 is 10.1 Å². The fourth-order valence-electron chi connectivity index (χ4n) is 0.382. The molecule has 1 rings (SSSR count). The summed E-state index contributed by atoms with van der Waals surface area (Å²) in [5.74, 6) is -0.109. The van der Waals surface area contributed by atoms with E-state index < -0.39 is 4.92 Å². The number of H-pyrrole nitrogens is 1. The average molecular weight is 192 g/mol. The Hall–Kier alpha value is -0.910. The number of nitrogens with one attached hydrogen (secondary N) is 1. The molecule has 6 heteroatoms. The van der Waals surface area contributed by atoms with Crippen LogP contribution in [-0.4, -0.2) is 15.1 Å². The first-order valence-electron chi connectivity index (χ1n) is 2.05. The molecule has 1 aromatic rings. The minimum Gasteiger partial charge on any atom is -0.358 e. The zero-order valence-electron chi connectivity index (χ0n) is 4.17. The molecule has 0 spiro atoms. The minimum absolute atomic E-state index is 0.109. The summed E-state index contributed by atoms with van der Waals surface area (Å²) >= 11 is 2.95. The van der Waals surface area contributed by atoms with Crippen LogP contribution in [0.1, 0.15) is 0 Å². The predicted molar refractivity (Wildman–Crippen MR) is 32.9 cm³/mol. The molecule has 0 amide bonds. The second kappa shape index (κ2) is 2.14. The van der Waals surface area contributed by atoms with Gasteiger partial charge >= 0.3 is 5.82 Å². The Morgan fingerprint density at radius 1 is 1.89 bits per heavy atom. The summed E-state index contributed by atoms with van der Waals surface area (Å²) in [5.41, 5.74) is 0. The van der Waals surface area contributed by atoms with Crippen molar-refractivity contribution in [2.24, 2.45) is 0 Å². The van der Waals surface area contributed by atoms with Crippen molar-refractivity contribution in [2.45, 2.75) is 0 Å². The molecule has 0 saturated heterocycles. The van der Waals surface area contributed by atoms with Crippen LogP contribution >= 0.6 is 15.9 Å². The van der Waals surface area contributed by atoms with Gasteiger partial charge in [0.2, 0.25) is 0 Å². The van der Waals surface area contributed by atoms with Crippen LogP contribution in [0.25, 0.3) is 0 Å². The normalized spacial score (nSPS) is 9.44. The maximum Gasteiger partial charge on any atom is 0.343 e. The van der Waals surface area contributed by atoms with Crippen molar-refractivity contribution < 1.29 is 4.92 Å². The van der Waals surface area contributed by atoms with Crippen molar-refractivity contribution in [1.82, 2.24) is 10.2 Å². The van der Waals surface area contributed by atoms with E-state index in [9.17, 15) is 10.1 Å². The molecular formula is C3H2BrN3O2. The monoisotopic (exact) mass is 191 g/mol. The highest BCUT2D eigenvalue weighted by Gasteiger charge is 2.05. The van der Waals surface area contributed by atoms with Gasteiger partial charge in [0, 0.05) is 0 Å². The van der Waals surface area contributed by atoms with Gasteiger partial charge in [0.15, 0.2) is 4.60 Å². The molecule has 0 bridgehead atoms. The summed E-state index contributed by atoms with van der Waals surface area (Å²) in [6, 6.07) is 1.29. The molecule has 1 aromatic heterocycles. The molecule has 0 atom stereocenters. The summed E-state index contributed by atoms with van der Waals surface area (Å²) in [6.07, 6.45) is 0. The van der Waals surface area contributed by atoms with Gasteiger partial charge in [0.25, 0.3) is 0 Å². The SMILES string of the molecule is O=[N+]([O-])c1cc(Br)n[nH]1. The van der Waals surface area contributed by atoms with Crippen molar-refractivity contribution in [3.05, 3.63) is 20.8 Å². The first-order valence-corrected chi connectivity index (χ1v) is 2.85. The molecule has 0 unspecified atom stereocenters. The quantitative estimate of drug-likeness (QED) is 0.534. The molecule has 0 aliphatic carbocycles. The van der Waals surface area contributed by atoms with E-state index in [0.29, 0.717) is 4.60 Å². The Morgan fingerprint density at radius 2 is 2.56 bits per heavy atom. The topological polar surface area (TPSA) is 71.8 Å². The van der Waals surface area contributed by atoms with Crippen molar-refractivity contribution in [3.63, 3.8) is 0 Å². The van der Waals surface area contributed by atoms with E-state index in [-0.39, 0.29) is 5.82 Å². The predicted octanol–water partition coefficient (Wildman–Crippen LogP) is 1.08. The molecule has 0 aromatic carbocycles. The number of aromatic nitrogens is 2. The van der Waals surface area contributed by atoms with Crippen LogP contribution < -0.4 is 0 Å². The van der Waals surface area contributed by atoms with E-state index >= 15 is 0 Å². The van der Waals surface area contributed by atoms with E-state index in [1.54, 1.807) is 0 Å². The number of nitro groups is 1. The third-order valence-electron chi connectivity index (χ3n) is 0.730. The summed E-state index contributed by atoms with van der Waals surface area (Å²) < 4.78 is 0.439. The average Bonchev–Trinajstić information content (AvgIpc) is 2.14. The van der Waals surface area contributed by atoms with Crippen LogP contribution in [0.15, 0.2) is 10.7 Å². The molecule has 0 radical (unpaired) electrons. The van der Waals surface area contributed by atoms with Gasteiger partial charge in [-0.15, -0.1) is 5.10 Å². The Balaban J connectivity index is 2.98. The van der Waals surface area contributed by atoms with Crippen molar-refractivity contribution in [1.29, 1.82) is 0 Å². The maximum absolute atomic E-state index is 9.93. The van der Waals surface area contributed by atoms with Gasteiger partial charge in [-0.2, -0.15) is 0 Å². The summed E-state index contributed by atoms with van der Waals surface area (Å²) in [7, 11) is 0. The Kier molecular flexibility index (Phi) is 1.48. The van der Waals surface area contributed by atoms with Crippen LogP contribution in [0.4, 0.5) is 5.82 Å². The van der Waals surface area contributed by atoms with Gasteiger partial charge in [-0.3, -0.25) is 0 Å². The molecule has 0 fully saturated rings. The number of rotatable bonds is 1. The molecule has 1 heterocycles. The smallest absolute Gasteiger partial charge is 0.343 e. The second-order valence-corrected chi connectivity index (χ2v) is 2.15. The first-order chi connectivity index (χ1) is 4.20. The molecule has 1 N–H and O–H groups in total. The molecule has 0 aliphatic heterocycles. The lowest BCUT2D eigenvalue weighted by molar-refractivity contribution is -0.389. The van der Waals surface area contributed by atoms with E-state index in [4.69, 9.17) is 0 Å². The van der Waals surface area contributed by atoms with E-state index in [2.05, 4.69) is 26.1 Å². The van der Waals surface area contributed by atoms with E-state index in [1.807, 2.05) is 0 Å². The van der Waals surface area contributed by atoms with Crippen molar-refractivity contribution in [3.8, 4) is 0 Å². The number of hydrogen-bond acceptors (Lipinski definition) is 3. The highest BCUT2D eigenvalue weighted by molar-refractivity contribution is 9.10. The highest BCUT2D eigenvalue weighted by atomic mass is 79.9. The lowest BCUT2D eigenvalue weighted by atomic mass is 10.7. The van der Waals surface area contributed by atoms with E-state index in [0.717, 1.165) is 0 Å². The molecule has 48 valence electrons. The van der Waals surface area contributed by atoms with Crippen LogP contribution in [-0.2, 0) is 0 Å². The molecular weight excluding hydrogens is 190 g/mol. The Bertz CT molecular complexity index is 233. The summed E-state index contributed by atoms with van der Waals surface area (Å²) in [4.78, 5) is 9.38. The maximum atomic E-state index is 9.93. The molecule has 0 saturated carbocycles. The lowest BCUT2D eigenvalue weighted by Gasteiger charge is -1.83. The number of halogens is 1. The van der Waals surface area contributed by atoms with Gasteiger partial charge in [-0.25, -0.2) is 0 Å². The van der Waals surface area contributed by atoms with Crippen LogP contribution in [0.2, 0.25) is 0 Å². The number of nitrogens with zero attached hydrogens (tertiary/aromatic N) is 2. The minimum atomic E-state index is -0.544. The standard InChI is InChI=1S/C3H2BrN3O2/c4-2-1-3(6-5-2)7(8)9/h1H,(H,5,6). The zero-order valence-corrected chi connectivity index (χ0v) is 5.75. The van der Waals surface area contributed by atoms with Crippen molar-refractivity contribution >= 4 is 21.7 Å². The van der Waals surface area contributed by atoms with Crippen molar-refractivity contribution in [2.75, 3.05) is 0 Å². The van der Waals surface area contributed by atoms with Gasteiger partial charge in [0.05, 0.1) is 6.07 Å². The Labute approximate surface area is 58.3 Å². The van der Waals surface area contributed by atoms with Gasteiger partial charge in [0.1, 0.15) is 0 Å². The lowest BCUT2D eigenvalue weighted by Crippen LogP contribution is -1.86. The highest BCUT2D eigenvalue weighted by Crippen LogP contribution is 2.11. The zero-order chi connectivity index (χ0) is 6.85. The van der Waals surface area contributed by atoms with Gasteiger partial charge in [-0.05, 0) is 20.9 Å². The Morgan fingerprint density at radius 3 is 2.78 bits per heavy atom. The van der Waals surface area contributed by atoms with Gasteiger partial charge in [-0.1, -0.05) is 5.10 Å². The first kappa shape index (κ1) is 6.21. The third-order valence-corrected chi connectivity index (χ3v) is 1.14. The van der Waals surface area contributed by atoms with Crippen LogP contribution in [0.5, 0.6) is 0 Å². The fourth-order valence-corrected chi connectivity index (χ4v) is 0.687. The second-order valence-electron chi connectivity index (χ2n) is 1.33.